The second-order valence-electron chi connectivity index (χ2n) is 3.76. The number of nitrogens with zero attached hydrogens (tertiary/aromatic N) is 1. The van der Waals surface area contributed by atoms with Crippen molar-refractivity contribution in [1.29, 1.82) is 0 Å². The molecule has 0 saturated carbocycles. The van der Waals surface area contributed by atoms with E-state index in [1.807, 2.05) is 0 Å². The van der Waals surface area contributed by atoms with Gasteiger partial charge in [-0.1, -0.05) is 13.8 Å². The molecular formula is C9H22N2. The van der Waals surface area contributed by atoms with Crippen molar-refractivity contribution >= 4 is 0 Å². The standard InChI is InChI=1S/C9H22N2/c1-8(2)7-11(4)9(3)5-6-10/h8-9H,5-7,10H2,1-4H3. The maximum Gasteiger partial charge on any atom is 0.00759 e. The minimum Gasteiger partial charge on any atom is -0.330 e. The minimum atomic E-state index is 0.627. The third-order valence-electron chi connectivity index (χ3n) is 1.99. The highest BCUT2D eigenvalue weighted by atomic mass is 15.1. The second kappa shape index (κ2) is 5.56. The molecule has 0 bridgehead atoms. The fourth-order valence-corrected chi connectivity index (χ4v) is 1.22. The molecule has 0 aliphatic rings. The Balaban J connectivity index is 3.54. The van der Waals surface area contributed by atoms with Crippen molar-refractivity contribution in [2.24, 2.45) is 11.7 Å². The molecule has 1 atom stereocenters. The first kappa shape index (κ1) is 10.9. The van der Waals surface area contributed by atoms with Crippen LogP contribution in [0.4, 0.5) is 0 Å². The first-order valence-electron chi connectivity index (χ1n) is 4.48. The molecule has 2 nitrogen and oxygen atoms in total. The summed E-state index contributed by atoms with van der Waals surface area (Å²) in [7, 11) is 2.17. The molecule has 0 rings (SSSR count). The lowest BCUT2D eigenvalue weighted by atomic mass is 10.1. The van der Waals surface area contributed by atoms with Crippen LogP contribution in [0, 0.1) is 5.92 Å². The molecule has 2 heteroatoms. The largest absolute Gasteiger partial charge is 0.330 e. The normalized spacial score (nSPS) is 14.5. The van der Waals surface area contributed by atoms with Gasteiger partial charge in [0.25, 0.3) is 0 Å². The van der Waals surface area contributed by atoms with Crippen molar-refractivity contribution in [3.63, 3.8) is 0 Å². The highest BCUT2D eigenvalue weighted by molar-refractivity contribution is 4.64. The number of nitrogens with two attached hydrogens (primary N) is 1. The van der Waals surface area contributed by atoms with Gasteiger partial charge in [0.1, 0.15) is 0 Å². The van der Waals surface area contributed by atoms with Crippen molar-refractivity contribution in [2.45, 2.75) is 33.2 Å². The molecule has 0 aliphatic carbocycles. The van der Waals surface area contributed by atoms with Gasteiger partial charge >= 0.3 is 0 Å². The lowest BCUT2D eigenvalue weighted by Gasteiger charge is -2.25. The van der Waals surface area contributed by atoms with Crippen LogP contribution in [0.2, 0.25) is 0 Å². The van der Waals surface area contributed by atoms with Crippen LogP contribution < -0.4 is 5.73 Å². The number of rotatable bonds is 5. The summed E-state index contributed by atoms with van der Waals surface area (Å²) in [5, 5.41) is 0. The fraction of sp³-hybridized carbons (Fsp3) is 1.00. The van der Waals surface area contributed by atoms with E-state index in [2.05, 4.69) is 32.7 Å². The summed E-state index contributed by atoms with van der Waals surface area (Å²) in [4.78, 5) is 2.37. The Labute approximate surface area is 70.8 Å². The predicted molar refractivity (Wildman–Crippen MR) is 50.6 cm³/mol. The van der Waals surface area contributed by atoms with Crippen molar-refractivity contribution in [3.05, 3.63) is 0 Å². The average molecular weight is 158 g/mol. The van der Waals surface area contributed by atoms with Crippen LogP contribution in [0.25, 0.3) is 0 Å². The Hall–Kier alpha value is -0.0800. The summed E-state index contributed by atoms with van der Waals surface area (Å²) < 4.78 is 0. The third-order valence-corrected chi connectivity index (χ3v) is 1.99. The highest BCUT2D eigenvalue weighted by Crippen LogP contribution is 2.03. The van der Waals surface area contributed by atoms with Crippen LogP contribution in [-0.2, 0) is 0 Å². The molecule has 0 aliphatic heterocycles. The van der Waals surface area contributed by atoms with E-state index in [-0.39, 0.29) is 0 Å². The molecule has 2 N–H and O–H groups in total. The zero-order valence-corrected chi connectivity index (χ0v) is 8.30. The van der Waals surface area contributed by atoms with Gasteiger partial charge in [0.2, 0.25) is 0 Å². The lowest BCUT2D eigenvalue weighted by molar-refractivity contribution is 0.223. The van der Waals surface area contributed by atoms with Gasteiger partial charge in [-0.2, -0.15) is 0 Å². The average Bonchev–Trinajstić information content (AvgIpc) is 1.86. The van der Waals surface area contributed by atoms with E-state index in [0.717, 1.165) is 18.9 Å². The van der Waals surface area contributed by atoms with Gasteiger partial charge in [-0.3, -0.25) is 0 Å². The van der Waals surface area contributed by atoms with Gasteiger partial charge in [0, 0.05) is 12.6 Å². The Morgan fingerprint density at radius 2 is 1.82 bits per heavy atom. The highest BCUT2D eigenvalue weighted by Gasteiger charge is 2.08. The van der Waals surface area contributed by atoms with Crippen LogP contribution in [0.1, 0.15) is 27.2 Å². The molecule has 0 aromatic rings. The van der Waals surface area contributed by atoms with Crippen molar-refractivity contribution in [2.75, 3.05) is 20.1 Å². The van der Waals surface area contributed by atoms with Gasteiger partial charge < -0.3 is 10.6 Å². The summed E-state index contributed by atoms with van der Waals surface area (Å²) in [5.41, 5.74) is 5.47. The van der Waals surface area contributed by atoms with Crippen LogP contribution in [0.5, 0.6) is 0 Å². The maximum atomic E-state index is 5.47. The molecule has 0 amide bonds. The van der Waals surface area contributed by atoms with Gasteiger partial charge in [0.15, 0.2) is 0 Å². The van der Waals surface area contributed by atoms with Crippen molar-refractivity contribution in [3.8, 4) is 0 Å². The molecular weight excluding hydrogens is 136 g/mol. The quantitative estimate of drug-likeness (QED) is 0.653. The van der Waals surface area contributed by atoms with E-state index in [1.165, 1.54) is 6.54 Å². The van der Waals surface area contributed by atoms with Gasteiger partial charge in [-0.15, -0.1) is 0 Å². The molecule has 0 spiro atoms. The maximum absolute atomic E-state index is 5.47. The molecule has 0 heterocycles. The van der Waals surface area contributed by atoms with Crippen LogP contribution >= 0.6 is 0 Å². The summed E-state index contributed by atoms with van der Waals surface area (Å²) in [6, 6.07) is 0.627. The zero-order chi connectivity index (χ0) is 8.85. The molecule has 11 heavy (non-hydrogen) atoms. The first-order chi connectivity index (χ1) is 5.07. The van der Waals surface area contributed by atoms with Gasteiger partial charge in [-0.05, 0) is 32.9 Å². The molecule has 0 saturated heterocycles. The topological polar surface area (TPSA) is 29.3 Å². The Kier molecular flexibility index (Phi) is 5.51. The molecule has 68 valence electrons. The summed E-state index contributed by atoms with van der Waals surface area (Å²) in [6.45, 7) is 8.68. The van der Waals surface area contributed by atoms with E-state index < -0.39 is 0 Å². The lowest BCUT2D eigenvalue weighted by Crippen LogP contribution is -2.33. The van der Waals surface area contributed by atoms with Crippen LogP contribution in [-0.4, -0.2) is 31.1 Å². The van der Waals surface area contributed by atoms with E-state index >= 15 is 0 Å². The fourth-order valence-electron chi connectivity index (χ4n) is 1.22. The van der Waals surface area contributed by atoms with Crippen molar-refractivity contribution < 1.29 is 0 Å². The summed E-state index contributed by atoms with van der Waals surface area (Å²) in [5.74, 6) is 0.750. The molecule has 0 aromatic carbocycles. The Morgan fingerprint density at radius 1 is 1.27 bits per heavy atom. The number of hydrogen-bond acceptors (Lipinski definition) is 2. The van der Waals surface area contributed by atoms with E-state index in [4.69, 9.17) is 5.73 Å². The molecule has 0 aromatic heterocycles. The van der Waals surface area contributed by atoms with Crippen molar-refractivity contribution in [1.82, 2.24) is 4.90 Å². The molecule has 0 radical (unpaired) electrons. The van der Waals surface area contributed by atoms with E-state index in [9.17, 15) is 0 Å². The van der Waals surface area contributed by atoms with E-state index in [0.29, 0.717) is 6.04 Å². The smallest absolute Gasteiger partial charge is 0.00759 e. The van der Waals surface area contributed by atoms with Crippen LogP contribution in [0.3, 0.4) is 0 Å². The Bertz CT molecular complexity index is 91.6. The van der Waals surface area contributed by atoms with E-state index in [1.54, 1.807) is 0 Å². The van der Waals surface area contributed by atoms with Gasteiger partial charge in [-0.25, -0.2) is 0 Å². The summed E-state index contributed by atoms with van der Waals surface area (Å²) >= 11 is 0. The van der Waals surface area contributed by atoms with Gasteiger partial charge in [0.05, 0.1) is 0 Å². The predicted octanol–water partition coefficient (Wildman–Crippen LogP) is 1.31. The molecule has 0 fully saturated rings. The molecule has 1 unspecified atom stereocenters. The monoisotopic (exact) mass is 158 g/mol. The van der Waals surface area contributed by atoms with Crippen LogP contribution in [0.15, 0.2) is 0 Å². The second-order valence-corrected chi connectivity index (χ2v) is 3.76. The minimum absolute atomic E-state index is 0.627. The zero-order valence-electron chi connectivity index (χ0n) is 8.30. The number of hydrogen-bond donors (Lipinski definition) is 1. The first-order valence-corrected chi connectivity index (χ1v) is 4.48. The third kappa shape index (κ3) is 5.22. The Morgan fingerprint density at radius 3 is 2.18 bits per heavy atom. The summed E-state index contributed by atoms with van der Waals surface area (Å²) in [6.07, 6.45) is 1.10. The SMILES string of the molecule is CC(C)CN(C)C(C)CCN.